The fourth-order valence-electron chi connectivity index (χ4n) is 4.95. The molecule has 4 rings (SSSR count). The van der Waals surface area contributed by atoms with Crippen molar-refractivity contribution in [3.8, 4) is 0 Å². The number of para-hydroxylation sites is 2. The Kier molecular flexibility index (Phi) is 11.8. The zero-order valence-corrected chi connectivity index (χ0v) is 24.0. The Bertz CT molecular complexity index is 1140. The van der Waals surface area contributed by atoms with Crippen molar-refractivity contribution in [2.24, 2.45) is 11.8 Å². The third-order valence-corrected chi connectivity index (χ3v) is 7.35. The standard InChI is InChI=1S/C25H37N5O3S.C2HF3O/c1-18(2)17-30(20-14-19(15-26-16-20)24(31)28-8-11-33-12-9-28)25(32)23-27-21-6-4-5-7-22(21)29(23)10-13-34-3;3-2(4,5)1-6/h4-7,18-20,26H,8-17H2,1-3H3;1H/t19-,20+;/m1./s1. The number of carbonyl (C=O) groups is 3. The molecule has 0 saturated carbocycles. The van der Waals surface area contributed by atoms with Gasteiger partial charge in [-0.25, -0.2) is 4.98 Å². The summed E-state index contributed by atoms with van der Waals surface area (Å²) in [6, 6.07) is 7.90. The number of aryl methyl sites for hydroxylation is 1. The number of aldehydes is 1. The van der Waals surface area contributed by atoms with Crippen LogP contribution in [0.1, 0.15) is 30.9 Å². The maximum Gasteiger partial charge on any atom is 0.446 e. The van der Waals surface area contributed by atoms with Gasteiger partial charge in [0.05, 0.1) is 30.2 Å². The molecule has 2 aromatic rings. The van der Waals surface area contributed by atoms with Crippen LogP contribution in [0.2, 0.25) is 0 Å². The molecular formula is C27H38F3N5O4S. The topological polar surface area (TPSA) is 96.8 Å². The zero-order valence-electron chi connectivity index (χ0n) is 23.2. The van der Waals surface area contributed by atoms with Crippen LogP contribution in [0.5, 0.6) is 0 Å². The van der Waals surface area contributed by atoms with Gasteiger partial charge in [-0.3, -0.25) is 14.4 Å². The number of hydrogen-bond donors (Lipinski definition) is 1. The van der Waals surface area contributed by atoms with Crippen LogP contribution in [0.3, 0.4) is 0 Å². The molecule has 2 atom stereocenters. The van der Waals surface area contributed by atoms with Crippen LogP contribution in [0.15, 0.2) is 24.3 Å². The van der Waals surface area contributed by atoms with Crippen molar-refractivity contribution in [2.75, 3.05) is 57.9 Å². The molecule has 13 heteroatoms. The number of nitrogens with zero attached hydrogens (tertiary/aromatic N) is 4. The smallest absolute Gasteiger partial charge is 0.378 e. The number of carbonyl (C=O) groups excluding carboxylic acids is 3. The van der Waals surface area contributed by atoms with Gasteiger partial charge in [0.15, 0.2) is 5.82 Å². The molecule has 0 aliphatic carbocycles. The highest BCUT2D eigenvalue weighted by Crippen LogP contribution is 2.24. The van der Waals surface area contributed by atoms with Crippen LogP contribution in [0.25, 0.3) is 11.0 Å². The van der Waals surface area contributed by atoms with E-state index in [1.807, 2.05) is 34.1 Å². The summed E-state index contributed by atoms with van der Waals surface area (Å²) in [5.74, 6) is 1.71. The molecule has 2 saturated heterocycles. The van der Waals surface area contributed by atoms with Crippen molar-refractivity contribution in [1.82, 2.24) is 24.7 Å². The van der Waals surface area contributed by atoms with E-state index in [1.54, 1.807) is 11.8 Å². The van der Waals surface area contributed by atoms with E-state index in [2.05, 4.69) is 30.0 Å². The minimum Gasteiger partial charge on any atom is -0.378 e. The van der Waals surface area contributed by atoms with Gasteiger partial charge in [0.2, 0.25) is 12.2 Å². The summed E-state index contributed by atoms with van der Waals surface area (Å²) in [6.45, 7) is 9.46. The van der Waals surface area contributed by atoms with Crippen molar-refractivity contribution < 1.29 is 32.3 Å². The van der Waals surface area contributed by atoms with Gasteiger partial charge in [0, 0.05) is 51.1 Å². The number of imidazole rings is 1. The number of thioether (sulfide) groups is 1. The van der Waals surface area contributed by atoms with Gasteiger partial charge in [-0.1, -0.05) is 26.0 Å². The summed E-state index contributed by atoms with van der Waals surface area (Å²) in [4.78, 5) is 44.5. The first kappa shape index (κ1) is 31.9. The van der Waals surface area contributed by atoms with Crippen molar-refractivity contribution in [1.29, 1.82) is 0 Å². The number of halogens is 3. The van der Waals surface area contributed by atoms with Gasteiger partial charge in [-0.2, -0.15) is 24.9 Å². The number of aromatic nitrogens is 2. The first-order valence-electron chi connectivity index (χ1n) is 13.4. The molecule has 9 nitrogen and oxygen atoms in total. The van der Waals surface area contributed by atoms with E-state index in [4.69, 9.17) is 14.5 Å². The summed E-state index contributed by atoms with van der Waals surface area (Å²) in [5, 5.41) is 3.44. The maximum atomic E-state index is 14.0. The molecule has 2 amide bonds. The summed E-state index contributed by atoms with van der Waals surface area (Å²) in [7, 11) is 0. The second-order valence-electron chi connectivity index (χ2n) is 10.3. The molecule has 2 aliphatic rings. The Morgan fingerprint density at radius 1 is 1.23 bits per heavy atom. The van der Waals surface area contributed by atoms with E-state index in [-0.39, 0.29) is 23.8 Å². The second kappa shape index (κ2) is 14.8. The van der Waals surface area contributed by atoms with E-state index >= 15 is 0 Å². The largest absolute Gasteiger partial charge is 0.446 e. The fourth-order valence-corrected chi connectivity index (χ4v) is 5.32. The lowest BCUT2D eigenvalue weighted by Gasteiger charge is -2.40. The van der Waals surface area contributed by atoms with Gasteiger partial charge in [-0.15, -0.1) is 0 Å². The van der Waals surface area contributed by atoms with Crippen LogP contribution in [-0.2, 0) is 20.9 Å². The Balaban J connectivity index is 0.000000663. The Hall–Kier alpha value is -2.64. The monoisotopic (exact) mass is 585 g/mol. The lowest BCUT2D eigenvalue weighted by molar-refractivity contribution is -0.156. The highest BCUT2D eigenvalue weighted by molar-refractivity contribution is 7.98. The first-order chi connectivity index (χ1) is 19.1. The van der Waals surface area contributed by atoms with Gasteiger partial charge in [-0.05, 0) is 30.7 Å². The number of piperidine rings is 1. The van der Waals surface area contributed by atoms with Crippen molar-refractivity contribution in [2.45, 2.75) is 39.0 Å². The number of alkyl halides is 3. The predicted octanol–water partition coefficient (Wildman–Crippen LogP) is 3.08. The number of ether oxygens (including phenoxy) is 1. The molecule has 222 valence electrons. The van der Waals surface area contributed by atoms with Crippen molar-refractivity contribution >= 4 is 40.9 Å². The molecule has 1 aromatic carbocycles. The summed E-state index contributed by atoms with van der Waals surface area (Å²) in [5.41, 5.74) is 1.84. The lowest BCUT2D eigenvalue weighted by atomic mass is 9.92. The van der Waals surface area contributed by atoms with Crippen LogP contribution < -0.4 is 5.32 Å². The van der Waals surface area contributed by atoms with Gasteiger partial charge >= 0.3 is 6.18 Å². The maximum absolute atomic E-state index is 14.0. The molecule has 1 aromatic heterocycles. The Morgan fingerprint density at radius 2 is 1.90 bits per heavy atom. The van der Waals surface area contributed by atoms with Crippen LogP contribution in [0.4, 0.5) is 13.2 Å². The molecule has 40 heavy (non-hydrogen) atoms. The number of morpholine rings is 1. The number of rotatable bonds is 8. The molecular weight excluding hydrogens is 547 g/mol. The summed E-state index contributed by atoms with van der Waals surface area (Å²) in [6.07, 6.45) is -2.95. The third-order valence-electron chi connectivity index (χ3n) is 6.76. The van der Waals surface area contributed by atoms with Crippen LogP contribution in [-0.4, -0.2) is 108 Å². The summed E-state index contributed by atoms with van der Waals surface area (Å²) >= 11 is 1.76. The minimum atomic E-state index is -4.64. The molecule has 0 spiro atoms. The molecule has 0 radical (unpaired) electrons. The van der Waals surface area contributed by atoms with E-state index < -0.39 is 12.5 Å². The normalized spacial score (nSPS) is 19.7. The van der Waals surface area contributed by atoms with Crippen LogP contribution in [0, 0.1) is 11.8 Å². The number of benzene rings is 1. The lowest BCUT2D eigenvalue weighted by Crippen LogP contribution is -2.56. The highest BCUT2D eigenvalue weighted by atomic mass is 32.2. The number of amides is 2. The fraction of sp³-hybridized carbons (Fsp3) is 0.630. The average Bonchev–Trinajstić information content (AvgIpc) is 3.33. The Labute approximate surface area is 236 Å². The van der Waals surface area contributed by atoms with E-state index in [9.17, 15) is 22.8 Å². The van der Waals surface area contributed by atoms with E-state index in [0.29, 0.717) is 64.1 Å². The highest BCUT2D eigenvalue weighted by Gasteiger charge is 2.36. The SMILES string of the molecule is CSCCn1c(C(=O)N(CC(C)C)[C@@H]2CNC[C@H](C(=O)N3CCOCC3)C2)nc2ccccc21.O=CC(F)(F)F. The molecule has 3 heterocycles. The van der Waals surface area contributed by atoms with E-state index in [0.717, 1.165) is 23.3 Å². The van der Waals surface area contributed by atoms with Crippen molar-refractivity contribution in [3.05, 3.63) is 30.1 Å². The van der Waals surface area contributed by atoms with Crippen LogP contribution >= 0.6 is 11.8 Å². The molecule has 1 N–H and O–H groups in total. The number of hydrogen-bond acceptors (Lipinski definition) is 7. The van der Waals surface area contributed by atoms with Gasteiger partial charge in [0.25, 0.3) is 5.91 Å². The average molecular weight is 586 g/mol. The Morgan fingerprint density at radius 3 is 2.52 bits per heavy atom. The quantitative estimate of drug-likeness (QED) is 0.476. The molecule has 2 fully saturated rings. The second-order valence-corrected chi connectivity index (χ2v) is 11.2. The molecule has 0 unspecified atom stereocenters. The predicted molar refractivity (Wildman–Crippen MR) is 148 cm³/mol. The summed E-state index contributed by atoms with van der Waals surface area (Å²) < 4.78 is 38.7. The number of fused-ring (bicyclic) bond motifs is 1. The first-order valence-corrected chi connectivity index (χ1v) is 14.8. The van der Waals surface area contributed by atoms with Gasteiger partial charge < -0.3 is 24.4 Å². The van der Waals surface area contributed by atoms with Crippen molar-refractivity contribution in [3.63, 3.8) is 0 Å². The third kappa shape index (κ3) is 8.68. The minimum absolute atomic E-state index is 0.0442. The number of nitrogens with one attached hydrogen (secondary N) is 1. The molecule has 2 aliphatic heterocycles. The van der Waals surface area contributed by atoms with E-state index in [1.165, 1.54) is 0 Å². The zero-order chi connectivity index (χ0) is 29.3. The molecule has 0 bridgehead atoms. The van der Waals surface area contributed by atoms with Gasteiger partial charge in [0.1, 0.15) is 0 Å².